The molecule has 0 saturated carbocycles. The molecule has 106 valence electrons. The quantitative estimate of drug-likeness (QED) is 0.874. The molecule has 0 aliphatic carbocycles. The zero-order valence-electron chi connectivity index (χ0n) is 11.6. The molecule has 0 amide bonds. The van der Waals surface area contributed by atoms with Gasteiger partial charge in [0.15, 0.2) is 5.69 Å². The van der Waals surface area contributed by atoms with Gasteiger partial charge in [-0.25, -0.2) is 9.78 Å². The summed E-state index contributed by atoms with van der Waals surface area (Å²) in [6, 6.07) is 5.83. The number of aryl methyl sites for hydroxylation is 2. The van der Waals surface area contributed by atoms with Crippen molar-refractivity contribution < 1.29 is 9.53 Å². The summed E-state index contributed by atoms with van der Waals surface area (Å²) in [5, 5.41) is 0. The lowest BCUT2D eigenvalue weighted by molar-refractivity contribution is 0.0521. The molecule has 0 aliphatic heterocycles. The number of halogens is 1. The van der Waals surface area contributed by atoms with E-state index in [9.17, 15) is 4.79 Å². The molecule has 0 atom stereocenters. The van der Waals surface area contributed by atoms with Crippen molar-refractivity contribution in [1.82, 2.24) is 9.55 Å². The Balaban J connectivity index is 2.52. The van der Waals surface area contributed by atoms with Gasteiger partial charge in [-0.1, -0.05) is 15.9 Å². The van der Waals surface area contributed by atoms with Crippen LogP contribution in [0.3, 0.4) is 0 Å². The van der Waals surface area contributed by atoms with E-state index in [1.807, 2.05) is 25.1 Å². The number of nitrogens with two attached hydrogens (primary N) is 1. The standard InChI is InChI=1S/C14H16BrN3O2/c1-4-20-14(19)12-13(16)18(9(3)17-12)10-5-6-11(15)8(2)7-10/h5-7H,4,16H2,1-3H3. The number of hydrogen-bond donors (Lipinski definition) is 1. The van der Waals surface area contributed by atoms with Gasteiger partial charge in [0.1, 0.15) is 11.6 Å². The highest BCUT2D eigenvalue weighted by Crippen LogP contribution is 2.25. The maximum Gasteiger partial charge on any atom is 0.360 e. The largest absolute Gasteiger partial charge is 0.461 e. The van der Waals surface area contributed by atoms with E-state index in [1.165, 1.54) is 0 Å². The third-order valence-electron chi connectivity index (χ3n) is 2.95. The molecule has 1 aromatic heterocycles. The number of carbonyl (C=O) groups excluding carboxylic acids is 1. The number of hydrogen-bond acceptors (Lipinski definition) is 4. The molecule has 0 radical (unpaired) electrons. The van der Waals surface area contributed by atoms with Crippen LogP contribution in [-0.2, 0) is 4.74 Å². The number of aromatic nitrogens is 2. The molecule has 0 aliphatic rings. The number of imidazole rings is 1. The second-order valence-electron chi connectivity index (χ2n) is 4.38. The summed E-state index contributed by atoms with van der Waals surface area (Å²) in [7, 11) is 0. The maximum atomic E-state index is 11.8. The topological polar surface area (TPSA) is 70.1 Å². The Kier molecular flexibility index (Phi) is 4.13. The summed E-state index contributed by atoms with van der Waals surface area (Å²) >= 11 is 3.46. The fourth-order valence-corrected chi connectivity index (χ4v) is 2.24. The Bertz CT molecular complexity index is 665. The molecule has 2 N–H and O–H groups in total. The first-order valence-electron chi connectivity index (χ1n) is 6.24. The molecule has 2 aromatic rings. The lowest BCUT2D eigenvalue weighted by Crippen LogP contribution is -2.09. The maximum absolute atomic E-state index is 11.8. The van der Waals surface area contributed by atoms with E-state index in [1.54, 1.807) is 18.4 Å². The number of ether oxygens (including phenoxy) is 1. The van der Waals surface area contributed by atoms with Crippen LogP contribution in [0.5, 0.6) is 0 Å². The minimum Gasteiger partial charge on any atom is -0.461 e. The van der Waals surface area contributed by atoms with Gasteiger partial charge in [0.25, 0.3) is 0 Å². The lowest BCUT2D eigenvalue weighted by Gasteiger charge is -2.09. The molecule has 20 heavy (non-hydrogen) atoms. The molecule has 0 saturated heterocycles. The summed E-state index contributed by atoms with van der Waals surface area (Å²) < 4.78 is 7.71. The van der Waals surface area contributed by atoms with E-state index in [0.29, 0.717) is 18.2 Å². The number of nitrogen functional groups attached to an aromatic ring is 1. The van der Waals surface area contributed by atoms with Gasteiger partial charge >= 0.3 is 5.97 Å². The predicted octanol–water partition coefficient (Wildman–Crippen LogP) is 3.01. The van der Waals surface area contributed by atoms with Crippen molar-refractivity contribution in [3.63, 3.8) is 0 Å². The van der Waals surface area contributed by atoms with Crippen molar-refractivity contribution in [2.75, 3.05) is 12.3 Å². The van der Waals surface area contributed by atoms with Gasteiger partial charge in [-0.15, -0.1) is 0 Å². The first kappa shape index (κ1) is 14.6. The fourth-order valence-electron chi connectivity index (χ4n) is 1.99. The average molecular weight is 338 g/mol. The molecule has 0 spiro atoms. The molecule has 2 rings (SSSR count). The van der Waals surface area contributed by atoms with Crippen molar-refractivity contribution in [2.45, 2.75) is 20.8 Å². The minimum atomic E-state index is -0.499. The Morgan fingerprint density at radius 3 is 2.75 bits per heavy atom. The van der Waals surface area contributed by atoms with E-state index in [2.05, 4.69) is 20.9 Å². The molecular formula is C14H16BrN3O2. The van der Waals surface area contributed by atoms with Gasteiger partial charge in [-0.3, -0.25) is 4.57 Å². The molecule has 0 fully saturated rings. The summed E-state index contributed by atoms with van der Waals surface area (Å²) in [5.74, 6) is 0.440. The molecular weight excluding hydrogens is 322 g/mol. The van der Waals surface area contributed by atoms with Crippen LogP contribution >= 0.6 is 15.9 Å². The van der Waals surface area contributed by atoms with Crippen molar-refractivity contribution in [2.24, 2.45) is 0 Å². The SMILES string of the molecule is CCOC(=O)c1nc(C)n(-c2ccc(Br)c(C)c2)c1N. The van der Waals surface area contributed by atoms with Crippen LogP contribution in [0.2, 0.25) is 0 Å². The van der Waals surface area contributed by atoms with Crippen LogP contribution in [0.15, 0.2) is 22.7 Å². The van der Waals surface area contributed by atoms with Crippen molar-refractivity contribution in [3.8, 4) is 5.69 Å². The summed E-state index contributed by atoms with van der Waals surface area (Å²) in [5.41, 5.74) is 8.14. The zero-order chi connectivity index (χ0) is 14.9. The van der Waals surface area contributed by atoms with Crippen LogP contribution in [0.25, 0.3) is 5.69 Å². The molecule has 0 unspecified atom stereocenters. The summed E-state index contributed by atoms with van der Waals surface area (Å²) in [4.78, 5) is 16.0. The highest BCUT2D eigenvalue weighted by atomic mass is 79.9. The molecule has 0 bridgehead atoms. The monoisotopic (exact) mass is 337 g/mol. The minimum absolute atomic E-state index is 0.157. The van der Waals surface area contributed by atoms with E-state index in [-0.39, 0.29) is 5.69 Å². The van der Waals surface area contributed by atoms with Crippen LogP contribution in [-0.4, -0.2) is 22.1 Å². The van der Waals surface area contributed by atoms with Crippen LogP contribution in [0.4, 0.5) is 5.82 Å². The van der Waals surface area contributed by atoms with Crippen LogP contribution < -0.4 is 5.73 Å². The molecule has 5 nitrogen and oxygen atoms in total. The van der Waals surface area contributed by atoms with Crippen LogP contribution in [0, 0.1) is 13.8 Å². The number of anilines is 1. The normalized spacial score (nSPS) is 10.6. The Morgan fingerprint density at radius 1 is 1.45 bits per heavy atom. The third kappa shape index (κ3) is 2.56. The van der Waals surface area contributed by atoms with Gasteiger partial charge in [-0.05, 0) is 44.5 Å². The predicted molar refractivity (Wildman–Crippen MR) is 81.1 cm³/mol. The molecule has 1 heterocycles. The molecule has 6 heteroatoms. The summed E-state index contributed by atoms with van der Waals surface area (Å²) in [6.07, 6.45) is 0. The van der Waals surface area contributed by atoms with E-state index < -0.39 is 5.97 Å². The van der Waals surface area contributed by atoms with Gasteiger partial charge in [0, 0.05) is 10.2 Å². The average Bonchev–Trinajstić information content (AvgIpc) is 2.69. The number of rotatable bonds is 3. The number of carbonyl (C=O) groups is 1. The van der Waals surface area contributed by atoms with Gasteiger partial charge < -0.3 is 10.5 Å². The van der Waals surface area contributed by atoms with E-state index in [4.69, 9.17) is 10.5 Å². The first-order chi connectivity index (χ1) is 9.45. The van der Waals surface area contributed by atoms with Crippen LogP contribution in [0.1, 0.15) is 28.8 Å². The fraction of sp³-hybridized carbons (Fsp3) is 0.286. The number of nitrogens with zero attached hydrogens (tertiary/aromatic N) is 2. The van der Waals surface area contributed by atoms with E-state index >= 15 is 0 Å². The highest BCUT2D eigenvalue weighted by Gasteiger charge is 2.20. The van der Waals surface area contributed by atoms with Crippen molar-refractivity contribution >= 4 is 27.7 Å². The molecule has 1 aromatic carbocycles. The highest BCUT2D eigenvalue weighted by molar-refractivity contribution is 9.10. The first-order valence-corrected chi connectivity index (χ1v) is 7.03. The van der Waals surface area contributed by atoms with E-state index in [0.717, 1.165) is 15.7 Å². The Hall–Kier alpha value is -1.82. The smallest absolute Gasteiger partial charge is 0.360 e. The second kappa shape index (κ2) is 5.66. The number of benzene rings is 1. The Labute approximate surface area is 125 Å². The lowest BCUT2D eigenvalue weighted by atomic mass is 10.2. The summed E-state index contributed by atoms with van der Waals surface area (Å²) in [6.45, 7) is 5.83. The third-order valence-corrected chi connectivity index (χ3v) is 3.84. The second-order valence-corrected chi connectivity index (χ2v) is 5.24. The van der Waals surface area contributed by atoms with Gasteiger partial charge in [-0.2, -0.15) is 0 Å². The van der Waals surface area contributed by atoms with Crippen molar-refractivity contribution in [1.29, 1.82) is 0 Å². The van der Waals surface area contributed by atoms with Gasteiger partial charge in [0.05, 0.1) is 6.61 Å². The van der Waals surface area contributed by atoms with Crippen molar-refractivity contribution in [3.05, 3.63) is 39.8 Å². The zero-order valence-corrected chi connectivity index (χ0v) is 13.2. The Morgan fingerprint density at radius 2 is 2.15 bits per heavy atom. The number of esters is 1. The van der Waals surface area contributed by atoms with Gasteiger partial charge in [0.2, 0.25) is 0 Å².